The lowest BCUT2D eigenvalue weighted by atomic mass is 10.1. The summed E-state index contributed by atoms with van der Waals surface area (Å²) in [6.07, 6.45) is 0. The lowest BCUT2D eigenvalue weighted by Crippen LogP contribution is -2.21. The van der Waals surface area contributed by atoms with E-state index < -0.39 is 0 Å². The molecule has 1 amide bonds. The molecule has 2 aromatic rings. The van der Waals surface area contributed by atoms with Gasteiger partial charge in [-0.05, 0) is 59.1 Å². The van der Waals surface area contributed by atoms with E-state index in [4.69, 9.17) is 4.74 Å². The summed E-state index contributed by atoms with van der Waals surface area (Å²) >= 11 is 3.47. The summed E-state index contributed by atoms with van der Waals surface area (Å²) < 4.78 is 6.29. The Morgan fingerprint density at radius 3 is 2.55 bits per heavy atom. The minimum atomic E-state index is -0.179. The topological polar surface area (TPSA) is 38.3 Å². The molecule has 0 aliphatic carbocycles. The third-order valence-corrected chi connectivity index (χ3v) is 3.43. The van der Waals surface area contributed by atoms with Crippen molar-refractivity contribution >= 4 is 27.5 Å². The molecule has 4 heteroatoms. The number of carbonyl (C=O) groups excluding carboxylic acids is 1. The van der Waals surface area contributed by atoms with Gasteiger partial charge in [-0.2, -0.15) is 0 Å². The summed E-state index contributed by atoms with van der Waals surface area (Å²) in [5.41, 5.74) is 2.95. The molecule has 2 rings (SSSR count). The Morgan fingerprint density at radius 1 is 1.20 bits per heavy atom. The molecule has 0 unspecified atom stereocenters. The summed E-state index contributed by atoms with van der Waals surface area (Å²) in [5.74, 6) is 0.504. The third-order valence-electron chi connectivity index (χ3n) is 2.81. The van der Waals surface area contributed by atoms with Crippen molar-refractivity contribution in [2.24, 2.45) is 0 Å². The number of carbonyl (C=O) groups is 1. The van der Waals surface area contributed by atoms with Crippen molar-refractivity contribution in [3.05, 3.63) is 58.1 Å². The van der Waals surface area contributed by atoms with Gasteiger partial charge in [-0.15, -0.1) is 0 Å². The normalized spacial score (nSPS) is 10.2. The first kappa shape index (κ1) is 14.6. The summed E-state index contributed by atoms with van der Waals surface area (Å²) in [4.78, 5) is 11.9. The van der Waals surface area contributed by atoms with Crippen LogP contribution in [0.25, 0.3) is 0 Å². The molecule has 0 aliphatic heterocycles. The van der Waals surface area contributed by atoms with Crippen molar-refractivity contribution < 1.29 is 9.53 Å². The highest BCUT2D eigenvalue weighted by atomic mass is 79.9. The van der Waals surface area contributed by atoms with Gasteiger partial charge in [-0.1, -0.05) is 24.3 Å². The van der Waals surface area contributed by atoms with Crippen LogP contribution in [-0.2, 0) is 4.79 Å². The zero-order valence-electron chi connectivity index (χ0n) is 11.4. The first-order valence-corrected chi connectivity index (χ1v) is 7.10. The largest absolute Gasteiger partial charge is 0.484 e. The highest BCUT2D eigenvalue weighted by Crippen LogP contribution is 2.27. The second kappa shape index (κ2) is 6.57. The predicted octanol–water partition coefficient (Wildman–Crippen LogP) is 4.08. The van der Waals surface area contributed by atoms with Gasteiger partial charge in [-0.3, -0.25) is 4.79 Å². The first-order chi connectivity index (χ1) is 9.56. The highest BCUT2D eigenvalue weighted by molar-refractivity contribution is 9.10. The van der Waals surface area contributed by atoms with E-state index in [0.717, 1.165) is 21.3 Å². The minimum absolute atomic E-state index is 0.0101. The molecule has 2 aromatic carbocycles. The lowest BCUT2D eigenvalue weighted by Gasteiger charge is -2.12. The maximum Gasteiger partial charge on any atom is 0.262 e. The van der Waals surface area contributed by atoms with E-state index in [-0.39, 0.29) is 12.5 Å². The number of benzene rings is 2. The fourth-order valence-electron chi connectivity index (χ4n) is 1.92. The van der Waals surface area contributed by atoms with Gasteiger partial charge in [0.2, 0.25) is 0 Å². The minimum Gasteiger partial charge on any atom is -0.484 e. The quantitative estimate of drug-likeness (QED) is 0.915. The number of halogens is 1. The Kier molecular flexibility index (Phi) is 4.79. The van der Waals surface area contributed by atoms with Crippen molar-refractivity contribution in [2.45, 2.75) is 13.8 Å². The van der Waals surface area contributed by atoms with Crippen molar-refractivity contribution in [2.75, 3.05) is 11.9 Å². The van der Waals surface area contributed by atoms with Crippen molar-refractivity contribution in [1.29, 1.82) is 0 Å². The third kappa shape index (κ3) is 3.84. The molecule has 0 saturated heterocycles. The monoisotopic (exact) mass is 333 g/mol. The van der Waals surface area contributed by atoms with Crippen LogP contribution in [-0.4, -0.2) is 12.5 Å². The number of hydrogen-bond donors (Lipinski definition) is 1. The van der Waals surface area contributed by atoms with Crippen LogP contribution in [0, 0.1) is 13.8 Å². The number of rotatable bonds is 4. The van der Waals surface area contributed by atoms with Crippen LogP contribution >= 0.6 is 15.9 Å². The van der Waals surface area contributed by atoms with Gasteiger partial charge in [0.15, 0.2) is 6.61 Å². The van der Waals surface area contributed by atoms with Crippen LogP contribution in [0.5, 0.6) is 5.75 Å². The van der Waals surface area contributed by atoms with Crippen LogP contribution in [0.4, 0.5) is 5.69 Å². The van der Waals surface area contributed by atoms with E-state index >= 15 is 0 Å². The van der Waals surface area contributed by atoms with Crippen molar-refractivity contribution in [3.63, 3.8) is 0 Å². The van der Waals surface area contributed by atoms with Gasteiger partial charge < -0.3 is 10.1 Å². The van der Waals surface area contributed by atoms with Crippen molar-refractivity contribution in [3.8, 4) is 5.75 Å². The summed E-state index contributed by atoms with van der Waals surface area (Å²) in [7, 11) is 0. The molecular formula is C16H16BrNO2. The van der Waals surface area contributed by atoms with E-state index in [1.54, 1.807) is 0 Å². The molecule has 0 aromatic heterocycles. The fourth-order valence-corrected chi connectivity index (χ4v) is 2.69. The molecule has 0 heterocycles. The Hall–Kier alpha value is -1.81. The molecule has 1 N–H and O–H groups in total. The maximum atomic E-state index is 11.9. The SMILES string of the molecule is Cc1cc(C)c(NC(=O)COc2ccccc2)c(Br)c1. The average Bonchev–Trinajstić information content (AvgIpc) is 2.42. The van der Waals surface area contributed by atoms with E-state index in [1.165, 1.54) is 0 Å². The average molecular weight is 334 g/mol. The zero-order valence-corrected chi connectivity index (χ0v) is 13.0. The Bertz CT molecular complexity index is 588. The van der Waals surface area contributed by atoms with E-state index in [2.05, 4.69) is 21.2 Å². The molecular weight excluding hydrogens is 318 g/mol. The van der Waals surface area contributed by atoms with Gasteiger partial charge in [0.05, 0.1) is 5.69 Å². The molecule has 0 atom stereocenters. The van der Waals surface area contributed by atoms with Crippen LogP contribution in [0.1, 0.15) is 11.1 Å². The van der Waals surface area contributed by atoms with Gasteiger partial charge >= 0.3 is 0 Å². The van der Waals surface area contributed by atoms with E-state index in [9.17, 15) is 4.79 Å². The van der Waals surface area contributed by atoms with E-state index in [1.807, 2.05) is 56.3 Å². The van der Waals surface area contributed by atoms with Crippen LogP contribution < -0.4 is 10.1 Å². The van der Waals surface area contributed by atoms with Gasteiger partial charge in [0, 0.05) is 4.47 Å². The molecule has 20 heavy (non-hydrogen) atoms. The molecule has 3 nitrogen and oxygen atoms in total. The molecule has 0 bridgehead atoms. The molecule has 104 valence electrons. The number of amides is 1. The second-order valence-electron chi connectivity index (χ2n) is 4.59. The Labute approximate surface area is 127 Å². The Morgan fingerprint density at radius 2 is 1.90 bits per heavy atom. The molecule has 0 aliphatic rings. The number of aryl methyl sites for hydroxylation is 2. The fraction of sp³-hybridized carbons (Fsp3) is 0.188. The van der Waals surface area contributed by atoms with Crippen LogP contribution in [0.15, 0.2) is 46.9 Å². The molecule has 0 saturated carbocycles. The van der Waals surface area contributed by atoms with Gasteiger partial charge in [0.1, 0.15) is 5.75 Å². The predicted molar refractivity (Wildman–Crippen MR) is 84.2 cm³/mol. The van der Waals surface area contributed by atoms with Crippen LogP contribution in [0.2, 0.25) is 0 Å². The number of ether oxygens (including phenoxy) is 1. The highest BCUT2D eigenvalue weighted by Gasteiger charge is 2.09. The number of nitrogens with one attached hydrogen (secondary N) is 1. The molecule has 0 radical (unpaired) electrons. The summed E-state index contributed by atoms with van der Waals surface area (Å²) in [5, 5.41) is 2.87. The standard InChI is InChI=1S/C16H16BrNO2/c1-11-8-12(2)16(14(17)9-11)18-15(19)10-20-13-6-4-3-5-7-13/h3-9H,10H2,1-2H3,(H,18,19). The molecule has 0 fully saturated rings. The first-order valence-electron chi connectivity index (χ1n) is 6.30. The maximum absolute atomic E-state index is 11.9. The van der Waals surface area contributed by atoms with E-state index in [0.29, 0.717) is 5.75 Å². The second-order valence-corrected chi connectivity index (χ2v) is 5.44. The lowest BCUT2D eigenvalue weighted by molar-refractivity contribution is -0.118. The summed E-state index contributed by atoms with van der Waals surface area (Å²) in [6, 6.07) is 13.3. The molecule has 0 spiro atoms. The van der Waals surface area contributed by atoms with Crippen molar-refractivity contribution in [1.82, 2.24) is 0 Å². The smallest absolute Gasteiger partial charge is 0.262 e. The van der Waals surface area contributed by atoms with Crippen LogP contribution in [0.3, 0.4) is 0 Å². The summed E-state index contributed by atoms with van der Waals surface area (Å²) in [6.45, 7) is 3.97. The van der Waals surface area contributed by atoms with Gasteiger partial charge in [0.25, 0.3) is 5.91 Å². The number of anilines is 1. The zero-order chi connectivity index (χ0) is 14.5. The number of hydrogen-bond acceptors (Lipinski definition) is 2. The Balaban J connectivity index is 1.98. The number of para-hydroxylation sites is 1. The van der Waals surface area contributed by atoms with Gasteiger partial charge in [-0.25, -0.2) is 0 Å².